The first-order chi connectivity index (χ1) is 11.5. The van der Waals surface area contributed by atoms with Gasteiger partial charge in [-0.2, -0.15) is 4.91 Å². The molecule has 2 aromatic carbocycles. The van der Waals surface area contributed by atoms with E-state index in [4.69, 9.17) is 5.11 Å². The number of rotatable bonds is 7. The second-order valence-electron chi connectivity index (χ2n) is 5.14. The summed E-state index contributed by atoms with van der Waals surface area (Å²) in [6, 6.07) is 12.9. The topological polar surface area (TPSA) is 95.8 Å². The summed E-state index contributed by atoms with van der Waals surface area (Å²) < 4.78 is 0.886. The van der Waals surface area contributed by atoms with Crippen LogP contribution in [0.1, 0.15) is 34.8 Å². The van der Waals surface area contributed by atoms with Gasteiger partial charge in [0.25, 0.3) is 5.91 Å². The van der Waals surface area contributed by atoms with Crippen molar-refractivity contribution in [3.8, 4) is 0 Å². The Balaban J connectivity index is 2.03. The number of aliphatic carboxylic acids is 1. The lowest BCUT2D eigenvalue weighted by Crippen LogP contribution is -2.11. The number of carbonyl (C=O) groups excluding carboxylic acids is 1. The minimum Gasteiger partial charge on any atom is -0.481 e. The zero-order valence-electron chi connectivity index (χ0n) is 12.6. The second-order valence-corrected chi connectivity index (χ2v) is 6.05. The van der Waals surface area contributed by atoms with Gasteiger partial charge in [0.1, 0.15) is 6.04 Å². The van der Waals surface area contributed by atoms with E-state index in [2.05, 4.69) is 26.4 Å². The molecule has 0 aliphatic heterocycles. The second kappa shape index (κ2) is 8.35. The molecule has 24 heavy (non-hydrogen) atoms. The van der Waals surface area contributed by atoms with Gasteiger partial charge in [0.2, 0.25) is 0 Å². The molecule has 2 rings (SSSR count). The van der Waals surface area contributed by atoms with Crippen molar-refractivity contribution < 1.29 is 14.7 Å². The average molecular weight is 391 g/mol. The lowest BCUT2D eigenvalue weighted by molar-refractivity contribution is -0.137. The number of carboxylic acids is 1. The molecular weight excluding hydrogens is 376 g/mol. The zero-order valence-corrected chi connectivity index (χ0v) is 14.2. The van der Waals surface area contributed by atoms with Crippen molar-refractivity contribution in [3.63, 3.8) is 0 Å². The summed E-state index contributed by atoms with van der Waals surface area (Å²) >= 11 is 3.31. The molecule has 1 atom stereocenters. The van der Waals surface area contributed by atoms with Crippen molar-refractivity contribution in [2.24, 2.45) is 5.18 Å². The van der Waals surface area contributed by atoms with E-state index in [-0.39, 0.29) is 18.7 Å². The molecule has 0 fully saturated rings. The number of nitrogens with one attached hydrogen (secondary N) is 1. The van der Waals surface area contributed by atoms with Crippen molar-refractivity contribution in [3.05, 3.63) is 69.0 Å². The molecule has 124 valence electrons. The Morgan fingerprint density at radius 2 is 1.71 bits per heavy atom. The molecular formula is C17H15BrN2O4. The van der Waals surface area contributed by atoms with Gasteiger partial charge in [-0.3, -0.25) is 9.59 Å². The van der Waals surface area contributed by atoms with E-state index in [1.165, 1.54) is 0 Å². The van der Waals surface area contributed by atoms with Crippen LogP contribution in [-0.4, -0.2) is 17.0 Å². The predicted molar refractivity (Wildman–Crippen MR) is 93.9 cm³/mol. The van der Waals surface area contributed by atoms with Gasteiger partial charge in [0.05, 0.1) is 0 Å². The SMILES string of the molecule is O=NC(CCC(=O)O)c1ccc(NC(=O)c2ccc(Br)cc2)cc1. The molecule has 0 saturated heterocycles. The molecule has 0 saturated carbocycles. The van der Waals surface area contributed by atoms with Gasteiger partial charge in [-0.1, -0.05) is 33.2 Å². The van der Waals surface area contributed by atoms with Crippen LogP contribution in [0.5, 0.6) is 0 Å². The molecule has 0 radical (unpaired) electrons. The van der Waals surface area contributed by atoms with E-state index in [0.717, 1.165) is 4.47 Å². The molecule has 1 amide bonds. The number of amides is 1. The molecule has 1 unspecified atom stereocenters. The Bertz CT molecular complexity index is 729. The van der Waals surface area contributed by atoms with Crippen molar-refractivity contribution in [2.75, 3.05) is 5.32 Å². The van der Waals surface area contributed by atoms with Crippen LogP contribution >= 0.6 is 15.9 Å². The van der Waals surface area contributed by atoms with E-state index in [0.29, 0.717) is 16.8 Å². The predicted octanol–water partition coefficient (Wildman–Crippen LogP) is 4.37. The molecule has 0 aliphatic carbocycles. The van der Waals surface area contributed by atoms with Crippen LogP contribution in [0.25, 0.3) is 0 Å². The summed E-state index contributed by atoms with van der Waals surface area (Å²) in [7, 11) is 0. The van der Waals surface area contributed by atoms with Crippen LogP contribution in [0.2, 0.25) is 0 Å². The molecule has 2 N–H and O–H groups in total. The maximum Gasteiger partial charge on any atom is 0.303 e. The molecule has 0 aliphatic rings. The van der Waals surface area contributed by atoms with Crippen LogP contribution in [0.4, 0.5) is 5.69 Å². The fourth-order valence-corrected chi connectivity index (χ4v) is 2.40. The lowest BCUT2D eigenvalue weighted by atomic mass is 10.0. The highest BCUT2D eigenvalue weighted by molar-refractivity contribution is 9.10. The van der Waals surface area contributed by atoms with E-state index in [1.54, 1.807) is 48.5 Å². The van der Waals surface area contributed by atoms with E-state index >= 15 is 0 Å². The molecule has 0 aromatic heterocycles. The van der Waals surface area contributed by atoms with Crippen molar-refractivity contribution >= 4 is 33.5 Å². The number of halogens is 1. The lowest BCUT2D eigenvalue weighted by Gasteiger charge is -2.10. The van der Waals surface area contributed by atoms with E-state index in [9.17, 15) is 14.5 Å². The highest BCUT2D eigenvalue weighted by atomic mass is 79.9. The van der Waals surface area contributed by atoms with Gasteiger partial charge in [0.15, 0.2) is 0 Å². The first-order valence-electron chi connectivity index (χ1n) is 7.20. The number of hydrogen-bond acceptors (Lipinski definition) is 4. The highest BCUT2D eigenvalue weighted by Crippen LogP contribution is 2.24. The third-order valence-corrected chi connectivity index (χ3v) is 3.95. The van der Waals surface area contributed by atoms with Crippen molar-refractivity contribution in [1.29, 1.82) is 0 Å². The summed E-state index contributed by atoms with van der Waals surface area (Å²) in [5.41, 5.74) is 1.72. The number of anilines is 1. The number of carboxylic acid groups (broad SMARTS) is 1. The summed E-state index contributed by atoms with van der Waals surface area (Å²) in [6.07, 6.45) is 0.0158. The van der Waals surface area contributed by atoms with Gasteiger partial charge in [-0.15, -0.1) is 0 Å². The van der Waals surface area contributed by atoms with E-state index in [1.807, 2.05) is 0 Å². The quantitative estimate of drug-likeness (QED) is 0.685. The average Bonchev–Trinajstić information content (AvgIpc) is 2.57. The zero-order chi connectivity index (χ0) is 17.5. The Labute approximate surface area is 147 Å². The molecule has 2 aromatic rings. The minimum absolute atomic E-state index is 0.127. The van der Waals surface area contributed by atoms with Gasteiger partial charge in [-0.25, -0.2) is 0 Å². The number of carbonyl (C=O) groups is 2. The molecule has 6 nitrogen and oxygen atoms in total. The number of nitrogens with zero attached hydrogens (tertiary/aromatic N) is 1. The fraction of sp³-hybridized carbons (Fsp3) is 0.176. The van der Waals surface area contributed by atoms with Crippen molar-refractivity contribution in [1.82, 2.24) is 0 Å². The largest absolute Gasteiger partial charge is 0.481 e. The third kappa shape index (κ3) is 4.99. The first-order valence-corrected chi connectivity index (χ1v) is 8.00. The summed E-state index contributed by atoms with van der Waals surface area (Å²) in [4.78, 5) is 33.6. The number of nitroso groups, excluding NO2 is 1. The summed E-state index contributed by atoms with van der Waals surface area (Å²) in [6.45, 7) is 0. The number of hydrogen-bond donors (Lipinski definition) is 2. The van der Waals surface area contributed by atoms with Gasteiger partial charge >= 0.3 is 5.97 Å². The van der Waals surface area contributed by atoms with Crippen molar-refractivity contribution in [2.45, 2.75) is 18.9 Å². The van der Waals surface area contributed by atoms with Gasteiger partial charge < -0.3 is 10.4 Å². The summed E-state index contributed by atoms with van der Waals surface area (Å²) in [5.74, 6) is -1.21. The first kappa shape index (κ1) is 17.8. The van der Waals surface area contributed by atoms with Gasteiger partial charge in [-0.05, 0) is 48.4 Å². The third-order valence-electron chi connectivity index (χ3n) is 3.42. The van der Waals surface area contributed by atoms with Crippen LogP contribution in [-0.2, 0) is 4.79 Å². The maximum atomic E-state index is 12.1. The van der Waals surface area contributed by atoms with Crippen LogP contribution in [0.3, 0.4) is 0 Å². The highest BCUT2D eigenvalue weighted by Gasteiger charge is 2.14. The normalized spacial score (nSPS) is 11.5. The minimum atomic E-state index is -0.970. The maximum absolute atomic E-state index is 12.1. The molecule has 0 heterocycles. The van der Waals surface area contributed by atoms with Gasteiger partial charge in [0, 0.05) is 22.1 Å². The molecule has 0 spiro atoms. The smallest absolute Gasteiger partial charge is 0.303 e. The van der Waals surface area contributed by atoms with E-state index < -0.39 is 12.0 Å². The Kier molecular flexibility index (Phi) is 6.20. The number of benzene rings is 2. The Morgan fingerprint density at radius 1 is 1.08 bits per heavy atom. The standard InChI is InChI=1S/C17H15BrN2O4/c18-13-5-1-12(2-6-13)17(23)19-14-7-3-11(4-8-14)15(20-24)9-10-16(21)22/h1-8,15H,9-10H2,(H,19,23)(H,21,22). The monoisotopic (exact) mass is 390 g/mol. The molecule has 7 heteroatoms. The van der Waals surface area contributed by atoms with Crippen LogP contribution < -0.4 is 5.32 Å². The Morgan fingerprint density at radius 3 is 2.25 bits per heavy atom. The summed E-state index contributed by atoms with van der Waals surface area (Å²) in [5, 5.41) is 14.4. The molecule has 0 bridgehead atoms. The van der Waals surface area contributed by atoms with Crippen LogP contribution in [0, 0.1) is 4.91 Å². The fourth-order valence-electron chi connectivity index (χ4n) is 2.13. The Hall–Kier alpha value is -2.54. The van der Waals surface area contributed by atoms with Crippen LogP contribution in [0.15, 0.2) is 58.2 Å².